The number of benzene rings is 1. The van der Waals surface area contributed by atoms with Gasteiger partial charge in [-0.15, -0.1) is 24.8 Å². The fourth-order valence-corrected chi connectivity index (χ4v) is 2.55. The van der Waals surface area contributed by atoms with Crippen LogP contribution in [0.4, 0.5) is 0 Å². The summed E-state index contributed by atoms with van der Waals surface area (Å²) in [6.07, 6.45) is 2.21. The zero-order valence-electron chi connectivity index (χ0n) is 12.7. The van der Waals surface area contributed by atoms with Crippen molar-refractivity contribution < 1.29 is 9.53 Å². The summed E-state index contributed by atoms with van der Waals surface area (Å²) in [5.41, 5.74) is 0.898. The molecule has 2 aromatic rings. The summed E-state index contributed by atoms with van der Waals surface area (Å²) in [5, 5.41) is 8.44. The molecule has 0 radical (unpaired) electrons. The minimum Gasteiger partial charge on any atom is -0.378 e. The standard InChI is InChI=1S/C16H19N3O2.2ClH/c20-16(9-13-11-21-8-7-17-13)19-10-15-14-4-2-1-3-12(14)5-6-18-15;;/h1-6,13,17H,7-11H2,(H,19,20);2*1H. The van der Waals surface area contributed by atoms with E-state index in [0.29, 0.717) is 19.6 Å². The Bertz CT molecular complexity index is 628. The van der Waals surface area contributed by atoms with Gasteiger partial charge >= 0.3 is 0 Å². The van der Waals surface area contributed by atoms with E-state index >= 15 is 0 Å². The zero-order chi connectivity index (χ0) is 14.5. The highest BCUT2D eigenvalue weighted by atomic mass is 35.5. The number of nitrogens with zero attached hydrogens (tertiary/aromatic N) is 1. The first kappa shape index (κ1) is 19.6. The summed E-state index contributed by atoms with van der Waals surface area (Å²) in [6.45, 7) is 2.58. The maximum atomic E-state index is 12.0. The lowest BCUT2D eigenvalue weighted by atomic mass is 10.1. The predicted molar refractivity (Wildman–Crippen MR) is 95.3 cm³/mol. The molecule has 1 aromatic carbocycles. The molecule has 1 aliphatic rings. The molecule has 1 saturated heterocycles. The number of carbonyl (C=O) groups excluding carboxylic acids is 1. The van der Waals surface area contributed by atoms with Gasteiger partial charge in [0.15, 0.2) is 0 Å². The average molecular weight is 358 g/mol. The number of hydrogen-bond acceptors (Lipinski definition) is 4. The number of aromatic nitrogens is 1. The van der Waals surface area contributed by atoms with Crippen LogP contribution >= 0.6 is 24.8 Å². The van der Waals surface area contributed by atoms with Crippen LogP contribution in [0.1, 0.15) is 12.1 Å². The van der Waals surface area contributed by atoms with Crippen molar-refractivity contribution in [2.24, 2.45) is 0 Å². The number of carbonyl (C=O) groups is 1. The Morgan fingerprint density at radius 1 is 1.30 bits per heavy atom. The highest BCUT2D eigenvalue weighted by molar-refractivity contribution is 5.86. The molecule has 23 heavy (non-hydrogen) atoms. The number of nitrogens with one attached hydrogen (secondary N) is 2. The number of hydrogen-bond donors (Lipinski definition) is 2. The second-order valence-electron chi connectivity index (χ2n) is 5.19. The number of ether oxygens (including phenoxy) is 1. The van der Waals surface area contributed by atoms with Gasteiger partial charge in [-0.1, -0.05) is 24.3 Å². The minimum absolute atomic E-state index is 0. The molecule has 1 aromatic heterocycles. The number of rotatable bonds is 4. The van der Waals surface area contributed by atoms with Crippen LogP contribution in [0.25, 0.3) is 10.8 Å². The normalized spacial score (nSPS) is 17.0. The lowest BCUT2D eigenvalue weighted by Gasteiger charge is -2.23. The van der Waals surface area contributed by atoms with E-state index in [9.17, 15) is 4.79 Å². The van der Waals surface area contributed by atoms with Crippen molar-refractivity contribution in [1.29, 1.82) is 0 Å². The molecular formula is C16H21Cl2N3O2. The molecule has 7 heteroatoms. The second kappa shape index (κ2) is 9.67. The van der Waals surface area contributed by atoms with Crippen molar-refractivity contribution in [3.05, 3.63) is 42.2 Å². The highest BCUT2D eigenvalue weighted by Gasteiger charge is 2.16. The quantitative estimate of drug-likeness (QED) is 0.879. The second-order valence-corrected chi connectivity index (χ2v) is 5.19. The van der Waals surface area contributed by atoms with E-state index in [1.165, 1.54) is 0 Å². The van der Waals surface area contributed by atoms with E-state index < -0.39 is 0 Å². The summed E-state index contributed by atoms with van der Waals surface area (Å²) in [6, 6.07) is 10.1. The smallest absolute Gasteiger partial charge is 0.221 e. The van der Waals surface area contributed by atoms with Gasteiger partial charge in [-0.25, -0.2) is 0 Å². The van der Waals surface area contributed by atoms with Gasteiger partial charge in [0.2, 0.25) is 5.91 Å². The van der Waals surface area contributed by atoms with Crippen LogP contribution < -0.4 is 10.6 Å². The molecule has 1 aliphatic heterocycles. The molecular weight excluding hydrogens is 337 g/mol. The fraction of sp³-hybridized carbons (Fsp3) is 0.375. The van der Waals surface area contributed by atoms with Gasteiger partial charge in [-0.05, 0) is 11.5 Å². The van der Waals surface area contributed by atoms with Gasteiger partial charge in [-0.2, -0.15) is 0 Å². The largest absolute Gasteiger partial charge is 0.378 e. The molecule has 0 aliphatic carbocycles. The summed E-state index contributed by atoms with van der Waals surface area (Å²) < 4.78 is 5.35. The molecule has 126 valence electrons. The van der Waals surface area contributed by atoms with Crippen LogP contribution in [0.3, 0.4) is 0 Å². The Labute approximate surface area is 148 Å². The van der Waals surface area contributed by atoms with Gasteiger partial charge in [-0.3, -0.25) is 9.78 Å². The van der Waals surface area contributed by atoms with E-state index in [-0.39, 0.29) is 36.8 Å². The van der Waals surface area contributed by atoms with Crippen molar-refractivity contribution >= 4 is 41.5 Å². The Kier molecular flexibility index (Phi) is 8.26. The zero-order valence-corrected chi connectivity index (χ0v) is 14.3. The Morgan fingerprint density at radius 2 is 2.13 bits per heavy atom. The number of halogens is 2. The van der Waals surface area contributed by atoms with Crippen LogP contribution in [0.5, 0.6) is 0 Å². The number of morpholine rings is 1. The Balaban J connectivity index is 0.00000132. The Morgan fingerprint density at radius 3 is 2.91 bits per heavy atom. The van der Waals surface area contributed by atoms with Gasteiger partial charge in [0, 0.05) is 30.6 Å². The topological polar surface area (TPSA) is 63.2 Å². The molecule has 0 spiro atoms. The molecule has 1 amide bonds. The molecule has 1 unspecified atom stereocenters. The number of pyridine rings is 1. The first-order valence-corrected chi connectivity index (χ1v) is 7.23. The van der Waals surface area contributed by atoms with Crippen LogP contribution in [0.2, 0.25) is 0 Å². The van der Waals surface area contributed by atoms with E-state index in [1.807, 2.05) is 30.3 Å². The SMILES string of the molecule is Cl.Cl.O=C(CC1COCCN1)NCc1nccc2ccccc12. The number of fused-ring (bicyclic) bond motifs is 1. The predicted octanol–water partition coefficient (Wildman–Crippen LogP) is 2.07. The Hall–Kier alpha value is -1.40. The minimum atomic E-state index is 0. The van der Waals surface area contributed by atoms with Crippen LogP contribution in [0, 0.1) is 0 Å². The lowest BCUT2D eigenvalue weighted by molar-refractivity contribution is -0.122. The van der Waals surface area contributed by atoms with Crippen molar-refractivity contribution in [2.45, 2.75) is 19.0 Å². The first-order valence-electron chi connectivity index (χ1n) is 7.23. The van der Waals surface area contributed by atoms with Gasteiger partial charge in [0.25, 0.3) is 0 Å². The van der Waals surface area contributed by atoms with E-state index in [1.54, 1.807) is 6.20 Å². The van der Waals surface area contributed by atoms with E-state index in [4.69, 9.17) is 4.74 Å². The van der Waals surface area contributed by atoms with Crippen LogP contribution in [-0.2, 0) is 16.1 Å². The van der Waals surface area contributed by atoms with E-state index in [2.05, 4.69) is 15.6 Å². The van der Waals surface area contributed by atoms with Gasteiger partial charge in [0.05, 0.1) is 25.5 Å². The van der Waals surface area contributed by atoms with Crippen molar-refractivity contribution in [1.82, 2.24) is 15.6 Å². The molecule has 2 heterocycles. The maximum Gasteiger partial charge on any atom is 0.221 e. The molecule has 5 nitrogen and oxygen atoms in total. The molecule has 0 bridgehead atoms. The summed E-state index contributed by atoms with van der Waals surface area (Å²) >= 11 is 0. The average Bonchev–Trinajstić information content (AvgIpc) is 2.54. The molecule has 2 N–H and O–H groups in total. The van der Waals surface area contributed by atoms with Gasteiger partial charge in [0.1, 0.15) is 0 Å². The fourth-order valence-electron chi connectivity index (χ4n) is 2.55. The first-order chi connectivity index (χ1) is 10.3. The third kappa shape index (κ3) is 5.32. The summed E-state index contributed by atoms with van der Waals surface area (Å²) in [4.78, 5) is 16.4. The van der Waals surface area contributed by atoms with E-state index in [0.717, 1.165) is 29.6 Å². The summed E-state index contributed by atoms with van der Waals surface area (Å²) in [7, 11) is 0. The van der Waals surface area contributed by atoms with Crippen molar-refractivity contribution in [3.63, 3.8) is 0 Å². The molecule has 0 saturated carbocycles. The molecule has 1 fully saturated rings. The molecule has 3 rings (SSSR count). The van der Waals surface area contributed by atoms with Crippen LogP contribution in [-0.4, -0.2) is 36.7 Å². The maximum absolute atomic E-state index is 12.0. The molecule has 1 atom stereocenters. The monoisotopic (exact) mass is 357 g/mol. The third-order valence-corrected chi connectivity index (χ3v) is 3.64. The third-order valence-electron chi connectivity index (χ3n) is 3.64. The van der Waals surface area contributed by atoms with Crippen molar-refractivity contribution in [3.8, 4) is 0 Å². The summed E-state index contributed by atoms with van der Waals surface area (Å²) in [5.74, 6) is 0.0211. The van der Waals surface area contributed by atoms with Crippen molar-refractivity contribution in [2.75, 3.05) is 19.8 Å². The highest BCUT2D eigenvalue weighted by Crippen LogP contribution is 2.15. The van der Waals surface area contributed by atoms with Crippen LogP contribution in [0.15, 0.2) is 36.5 Å². The lowest BCUT2D eigenvalue weighted by Crippen LogP contribution is -2.44. The number of amides is 1. The van der Waals surface area contributed by atoms with Gasteiger partial charge < -0.3 is 15.4 Å².